The van der Waals surface area contributed by atoms with Gasteiger partial charge in [0.1, 0.15) is 5.82 Å². The smallest absolute Gasteiger partial charge is 0.270 e. The number of non-ortho nitro benzene ring substituents is 1. The molecule has 2 amide bonds. The molecule has 0 aromatic heterocycles. The first-order valence-corrected chi connectivity index (χ1v) is 8.36. The van der Waals surface area contributed by atoms with E-state index < -0.39 is 16.6 Å². The van der Waals surface area contributed by atoms with E-state index in [0.29, 0.717) is 25.9 Å². The summed E-state index contributed by atoms with van der Waals surface area (Å²) in [6.45, 7) is 4.50. The summed E-state index contributed by atoms with van der Waals surface area (Å²) in [7, 11) is 0. The maximum absolute atomic E-state index is 14.3. The maximum atomic E-state index is 14.3. The summed E-state index contributed by atoms with van der Waals surface area (Å²) in [6.07, 6.45) is 2.11. The molecule has 136 valence electrons. The number of nitrogens with one attached hydrogen (secondary N) is 1. The number of nitro groups is 1. The fourth-order valence-electron chi connectivity index (χ4n) is 2.95. The van der Waals surface area contributed by atoms with Gasteiger partial charge in [-0.05, 0) is 31.7 Å². The molecule has 1 saturated heterocycles. The summed E-state index contributed by atoms with van der Waals surface area (Å²) >= 11 is 0. The van der Waals surface area contributed by atoms with Gasteiger partial charge < -0.3 is 10.2 Å². The number of rotatable bonds is 5. The van der Waals surface area contributed by atoms with Crippen LogP contribution < -0.4 is 5.32 Å². The normalized spacial score (nSPS) is 17.2. The van der Waals surface area contributed by atoms with Gasteiger partial charge in [-0.1, -0.05) is 6.92 Å². The van der Waals surface area contributed by atoms with Crippen LogP contribution in [-0.4, -0.2) is 41.3 Å². The number of carbonyl (C=O) groups excluding carboxylic acids is 2. The second-order valence-corrected chi connectivity index (χ2v) is 6.26. The lowest BCUT2D eigenvalue weighted by Crippen LogP contribution is -2.45. The number of nitro benzene ring substituents is 1. The van der Waals surface area contributed by atoms with E-state index in [4.69, 9.17) is 0 Å². The molecule has 0 saturated carbocycles. The molecule has 25 heavy (non-hydrogen) atoms. The SMILES string of the molecule is CCCNC(=O)[C@@H]1CCCN(C(=O)c2cc([N+](=O)[O-])cc(C)c2F)C1. The molecule has 0 radical (unpaired) electrons. The molecule has 1 aliphatic heterocycles. The van der Waals surface area contributed by atoms with Crippen LogP contribution in [0.4, 0.5) is 10.1 Å². The first-order valence-electron chi connectivity index (χ1n) is 8.36. The van der Waals surface area contributed by atoms with Crippen molar-refractivity contribution < 1.29 is 18.9 Å². The number of nitrogens with zero attached hydrogens (tertiary/aromatic N) is 2. The Morgan fingerprint density at radius 2 is 2.16 bits per heavy atom. The highest BCUT2D eigenvalue weighted by atomic mass is 19.1. The topological polar surface area (TPSA) is 92.6 Å². The Balaban J connectivity index is 2.20. The van der Waals surface area contributed by atoms with E-state index in [1.54, 1.807) is 0 Å². The lowest BCUT2D eigenvalue weighted by Gasteiger charge is -2.32. The van der Waals surface area contributed by atoms with Gasteiger partial charge in [0, 0.05) is 31.8 Å². The van der Waals surface area contributed by atoms with E-state index >= 15 is 0 Å². The third-order valence-electron chi connectivity index (χ3n) is 4.31. The molecular formula is C17H22FN3O4. The van der Waals surface area contributed by atoms with Crippen molar-refractivity contribution in [2.75, 3.05) is 19.6 Å². The van der Waals surface area contributed by atoms with Crippen LogP contribution in [0.5, 0.6) is 0 Å². The van der Waals surface area contributed by atoms with Crippen LogP contribution in [0.15, 0.2) is 12.1 Å². The Labute approximate surface area is 145 Å². The molecule has 1 fully saturated rings. The average molecular weight is 351 g/mol. The molecule has 0 spiro atoms. The molecule has 1 N–H and O–H groups in total. The highest BCUT2D eigenvalue weighted by Crippen LogP contribution is 2.25. The Morgan fingerprint density at radius 1 is 1.44 bits per heavy atom. The van der Waals surface area contributed by atoms with Gasteiger partial charge in [-0.3, -0.25) is 19.7 Å². The van der Waals surface area contributed by atoms with Crippen molar-refractivity contribution in [2.45, 2.75) is 33.1 Å². The summed E-state index contributed by atoms with van der Waals surface area (Å²) in [4.78, 5) is 36.5. The zero-order valence-corrected chi connectivity index (χ0v) is 14.4. The predicted molar refractivity (Wildman–Crippen MR) is 89.7 cm³/mol. The van der Waals surface area contributed by atoms with Gasteiger partial charge >= 0.3 is 0 Å². The fourth-order valence-corrected chi connectivity index (χ4v) is 2.95. The first kappa shape index (κ1) is 18.8. The van der Waals surface area contributed by atoms with E-state index in [1.165, 1.54) is 11.8 Å². The minimum Gasteiger partial charge on any atom is -0.356 e. The minimum absolute atomic E-state index is 0.0480. The molecule has 2 rings (SSSR count). The van der Waals surface area contributed by atoms with Gasteiger partial charge in [-0.2, -0.15) is 0 Å². The van der Waals surface area contributed by atoms with Crippen LogP contribution in [0.25, 0.3) is 0 Å². The molecule has 8 heteroatoms. The monoisotopic (exact) mass is 351 g/mol. The zero-order chi connectivity index (χ0) is 18.6. The summed E-state index contributed by atoms with van der Waals surface area (Å²) in [5.74, 6) is -1.83. The van der Waals surface area contributed by atoms with Crippen LogP contribution in [0, 0.1) is 28.8 Å². The second-order valence-electron chi connectivity index (χ2n) is 6.26. The minimum atomic E-state index is -0.756. The Bertz CT molecular complexity index is 693. The van der Waals surface area contributed by atoms with Crippen molar-refractivity contribution in [1.82, 2.24) is 10.2 Å². The summed E-state index contributed by atoms with van der Waals surface area (Å²) < 4.78 is 14.3. The highest BCUT2D eigenvalue weighted by Gasteiger charge is 2.31. The van der Waals surface area contributed by atoms with Gasteiger partial charge in [-0.15, -0.1) is 0 Å². The number of halogens is 1. The molecule has 1 atom stereocenters. The van der Waals surface area contributed by atoms with E-state index in [2.05, 4.69) is 5.32 Å². The van der Waals surface area contributed by atoms with Crippen LogP contribution in [0.2, 0.25) is 0 Å². The molecule has 1 heterocycles. The van der Waals surface area contributed by atoms with Crippen LogP contribution in [-0.2, 0) is 4.79 Å². The molecule has 7 nitrogen and oxygen atoms in total. The number of carbonyl (C=O) groups is 2. The van der Waals surface area contributed by atoms with Crippen molar-refractivity contribution in [3.8, 4) is 0 Å². The third-order valence-corrected chi connectivity index (χ3v) is 4.31. The average Bonchev–Trinajstić information content (AvgIpc) is 2.61. The molecule has 0 bridgehead atoms. The molecule has 0 unspecified atom stereocenters. The molecule has 0 aliphatic carbocycles. The number of benzene rings is 1. The van der Waals surface area contributed by atoms with Crippen molar-refractivity contribution in [3.05, 3.63) is 39.2 Å². The predicted octanol–water partition coefficient (Wildman–Crippen LogP) is 2.42. The van der Waals surface area contributed by atoms with Crippen molar-refractivity contribution in [1.29, 1.82) is 0 Å². The van der Waals surface area contributed by atoms with E-state index in [1.807, 2.05) is 6.92 Å². The number of piperidine rings is 1. The highest BCUT2D eigenvalue weighted by molar-refractivity contribution is 5.96. The van der Waals surface area contributed by atoms with Gasteiger partial charge in [0.2, 0.25) is 5.91 Å². The van der Waals surface area contributed by atoms with Gasteiger partial charge in [0.25, 0.3) is 11.6 Å². The number of aryl methyl sites for hydroxylation is 1. The Morgan fingerprint density at radius 3 is 2.80 bits per heavy atom. The molecular weight excluding hydrogens is 329 g/mol. The van der Waals surface area contributed by atoms with Gasteiger partial charge in [-0.25, -0.2) is 4.39 Å². The van der Waals surface area contributed by atoms with Gasteiger partial charge in [0.05, 0.1) is 16.4 Å². The Kier molecular flexibility index (Phi) is 6.06. The molecule has 1 aliphatic rings. The van der Waals surface area contributed by atoms with Crippen LogP contribution >= 0.6 is 0 Å². The lowest BCUT2D eigenvalue weighted by molar-refractivity contribution is -0.385. The maximum Gasteiger partial charge on any atom is 0.270 e. The third kappa shape index (κ3) is 4.32. The first-order chi connectivity index (χ1) is 11.8. The van der Waals surface area contributed by atoms with Crippen molar-refractivity contribution >= 4 is 17.5 Å². The fraction of sp³-hybridized carbons (Fsp3) is 0.529. The summed E-state index contributed by atoms with van der Waals surface area (Å²) in [6, 6.07) is 2.06. The summed E-state index contributed by atoms with van der Waals surface area (Å²) in [5, 5.41) is 13.8. The standard InChI is InChI=1S/C17H22FN3O4/c1-3-6-19-16(22)12-5-4-7-20(10-12)17(23)14-9-13(21(24)25)8-11(2)15(14)18/h8-9,12H,3-7,10H2,1-2H3,(H,19,22)/t12-/m1/s1. The Hall–Kier alpha value is -2.51. The largest absolute Gasteiger partial charge is 0.356 e. The number of likely N-dealkylation sites (tertiary alicyclic amines) is 1. The quantitative estimate of drug-likeness (QED) is 0.651. The number of hydrogen-bond acceptors (Lipinski definition) is 4. The lowest BCUT2D eigenvalue weighted by atomic mass is 9.96. The van der Waals surface area contributed by atoms with Crippen molar-refractivity contribution in [3.63, 3.8) is 0 Å². The zero-order valence-electron chi connectivity index (χ0n) is 14.4. The van der Waals surface area contributed by atoms with Crippen molar-refractivity contribution in [2.24, 2.45) is 5.92 Å². The van der Waals surface area contributed by atoms with Gasteiger partial charge in [0.15, 0.2) is 0 Å². The van der Waals surface area contributed by atoms with Crippen LogP contribution in [0.1, 0.15) is 42.1 Å². The summed E-state index contributed by atoms with van der Waals surface area (Å²) in [5.41, 5.74) is -0.593. The van der Waals surface area contributed by atoms with Crippen LogP contribution in [0.3, 0.4) is 0 Å². The molecule has 1 aromatic rings. The second kappa shape index (κ2) is 8.04. The van der Waals surface area contributed by atoms with E-state index in [0.717, 1.165) is 18.6 Å². The van der Waals surface area contributed by atoms with E-state index in [-0.39, 0.29) is 35.2 Å². The number of hydrogen-bond donors (Lipinski definition) is 1. The van der Waals surface area contributed by atoms with E-state index in [9.17, 15) is 24.1 Å². The number of amides is 2. The molecule has 1 aromatic carbocycles.